The van der Waals surface area contributed by atoms with E-state index in [-0.39, 0.29) is 10.8 Å². The molecule has 0 bridgehead atoms. The third-order valence-electron chi connectivity index (χ3n) is 2.43. The molecule has 0 aromatic heterocycles. The number of amides is 2. The molecular weight excluding hydrogens is 270 g/mol. The average Bonchev–Trinajstić information content (AvgIpc) is 2.37. The molecular formula is C11H15N3O4S. The summed E-state index contributed by atoms with van der Waals surface area (Å²) < 4.78 is 24.9. The molecule has 1 aromatic carbocycles. The normalized spacial score (nSPS) is 11.3. The van der Waals surface area contributed by atoms with Gasteiger partial charge in [-0.25, -0.2) is 8.42 Å². The summed E-state index contributed by atoms with van der Waals surface area (Å²) in [5, 5.41) is 2.43. The Morgan fingerprint density at radius 3 is 2.21 bits per heavy atom. The zero-order valence-electron chi connectivity index (χ0n) is 10.6. The molecule has 104 valence electrons. The van der Waals surface area contributed by atoms with Crippen LogP contribution in [0.3, 0.4) is 0 Å². The Hall–Kier alpha value is -1.93. The number of nitrogens with zero attached hydrogens (tertiary/aromatic N) is 1. The summed E-state index contributed by atoms with van der Waals surface area (Å²) in [6.07, 6.45) is 0. The molecule has 0 aliphatic heterocycles. The van der Waals surface area contributed by atoms with Crippen LogP contribution in [0, 0.1) is 0 Å². The van der Waals surface area contributed by atoms with Gasteiger partial charge in [-0.2, -0.15) is 4.31 Å². The molecule has 0 fully saturated rings. The Balaban J connectivity index is 3.03. The fourth-order valence-electron chi connectivity index (χ4n) is 1.41. The van der Waals surface area contributed by atoms with E-state index in [1.165, 1.54) is 38.4 Å². The van der Waals surface area contributed by atoms with Crippen molar-refractivity contribution in [2.45, 2.75) is 4.90 Å². The topological polar surface area (TPSA) is 110 Å². The first-order valence-corrected chi connectivity index (χ1v) is 6.80. The summed E-state index contributed by atoms with van der Waals surface area (Å²) in [4.78, 5) is 22.0. The van der Waals surface area contributed by atoms with Crippen LogP contribution in [-0.2, 0) is 14.8 Å². The third kappa shape index (κ3) is 3.52. The van der Waals surface area contributed by atoms with Crippen LogP contribution in [0.25, 0.3) is 0 Å². The second-order valence-corrected chi connectivity index (χ2v) is 5.88. The Kier molecular flexibility index (Phi) is 4.62. The number of carbonyl (C=O) groups excluding carboxylic acids is 2. The van der Waals surface area contributed by atoms with Crippen molar-refractivity contribution in [1.82, 2.24) is 9.62 Å². The lowest BCUT2D eigenvalue weighted by atomic mass is 10.2. The molecule has 0 radical (unpaired) electrons. The quantitative estimate of drug-likeness (QED) is 0.734. The van der Waals surface area contributed by atoms with Gasteiger partial charge in [0.2, 0.25) is 15.9 Å². The average molecular weight is 285 g/mol. The Morgan fingerprint density at radius 1 is 1.26 bits per heavy atom. The maximum absolute atomic E-state index is 12.0. The van der Waals surface area contributed by atoms with Crippen molar-refractivity contribution in [2.24, 2.45) is 5.73 Å². The molecule has 3 N–H and O–H groups in total. The van der Waals surface area contributed by atoms with Crippen LogP contribution in [0.1, 0.15) is 10.4 Å². The lowest BCUT2D eigenvalue weighted by molar-refractivity contribution is -0.118. The van der Waals surface area contributed by atoms with Gasteiger partial charge in [0.25, 0.3) is 5.91 Å². The minimum Gasteiger partial charge on any atom is -0.369 e. The van der Waals surface area contributed by atoms with Crippen LogP contribution in [0.15, 0.2) is 29.2 Å². The summed E-state index contributed by atoms with van der Waals surface area (Å²) in [6.45, 7) is -0.403. The summed E-state index contributed by atoms with van der Waals surface area (Å²) in [5.74, 6) is -1.05. The molecule has 0 heterocycles. The standard InChI is InChI=1S/C11H15N3O4S/c1-13-11(16)8-3-5-9(6-4-8)19(17,18)14(2)7-10(12)15/h3-6H,7H2,1-2H3,(H2,12,15)(H,13,16). The predicted octanol–water partition coefficient (Wildman–Crippen LogP) is -0.848. The molecule has 0 aliphatic carbocycles. The monoisotopic (exact) mass is 285 g/mol. The Labute approximate surface area is 111 Å². The van der Waals surface area contributed by atoms with Gasteiger partial charge in [0.15, 0.2) is 0 Å². The van der Waals surface area contributed by atoms with Gasteiger partial charge in [-0.1, -0.05) is 0 Å². The van der Waals surface area contributed by atoms with Gasteiger partial charge in [-0.05, 0) is 24.3 Å². The van der Waals surface area contributed by atoms with E-state index in [1.807, 2.05) is 0 Å². The molecule has 0 unspecified atom stereocenters. The first kappa shape index (κ1) is 15.1. The van der Waals surface area contributed by atoms with Gasteiger partial charge in [-0.15, -0.1) is 0 Å². The second-order valence-electron chi connectivity index (χ2n) is 3.83. The number of likely N-dealkylation sites (N-methyl/N-ethyl adjacent to an activating group) is 1. The van der Waals surface area contributed by atoms with Crippen LogP contribution < -0.4 is 11.1 Å². The van der Waals surface area contributed by atoms with Crippen molar-refractivity contribution < 1.29 is 18.0 Å². The molecule has 0 aliphatic rings. The third-order valence-corrected chi connectivity index (χ3v) is 4.25. The minimum absolute atomic E-state index is 0.0103. The molecule has 8 heteroatoms. The summed E-state index contributed by atoms with van der Waals surface area (Å²) in [7, 11) is -1.05. The van der Waals surface area contributed by atoms with E-state index in [0.29, 0.717) is 5.56 Å². The molecule has 0 spiro atoms. The number of nitrogens with two attached hydrogens (primary N) is 1. The van der Waals surface area contributed by atoms with E-state index in [2.05, 4.69) is 5.32 Å². The number of hydrogen-bond acceptors (Lipinski definition) is 4. The molecule has 2 amide bonds. The number of rotatable bonds is 5. The van der Waals surface area contributed by atoms with Gasteiger partial charge in [0, 0.05) is 19.7 Å². The fraction of sp³-hybridized carbons (Fsp3) is 0.273. The molecule has 1 aromatic rings. The SMILES string of the molecule is CNC(=O)c1ccc(S(=O)(=O)N(C)CC(N)=O)cc1. The first-order chi connectivity index (χ1) is 8.78. The van der Waals surface area contributed by atoms with Crippen LogP contribution in [0.2, 0.25) is 0 Å². The van der Waals surface area contributed by atoms with Crippen LogP contribution in [-0.4, -0.2) is 45.2 Å². The largest absolute Gasteiger partial charge is 0.369 e. The van der Waals surface area contributed by atoms with Crippen molar-refractivity contribution in [3.63, 3.8) is 0 Å². The highest BCUT2D eigenvalue weighted by Gasteiger charge is 2.22. The highest BCUT2D eigenvalue weighted by atomic mass is 32.2. The lowest BCUT2D eigenvalue weighted by Gasteiger charge is -2.15. The maximum Gasteiger partial charge on any atom is 0.251 e. The second kappa shape index (κ2) is 5.81. The zero-order valence-corrected chi connectivity index (χ0v) is 11.4. The van der Waals surface area contributed by atoms with E-state index in [1.54, 1.807) is 0 Å². The summed E-state index contributed by atoms with van der Waals surface area (Å²) in [5.41, 5.74) is 5.30. The number of sulfonamides is 1. The van der Waals surface area contributed by atoms with Crippen molar-refractivity contribution in [2.75, 3.05) is 20.6 Å². The van der Waals surface area contributed by atoms with E-state index >= 15 is 0 Å². The van der Waals surface area contributed by atoms with Crippen LogP contribution >= 0.6 is 0 Å². The highest BCUT2D eigenvalue weighted by Crippen LogP contribution is 2.14. The minimum atomic E-state index is -3.78. The smallest absolute Gasteiger partial charge is 0.251 e. The number of benzene rings is 1. The fourth-order valence-corrected chi connectivity index (χ4v) is 2.54. The van der Waals surface area contributed by atoms with E-state index in [9.17, 15) is 18.0 Å². The summed E-state index contributed by atoms with van der Waals surface area (Å²) in [6, 6.07) is 5.39. The first-order valence-electron chi connectivity index (χ1n) is 5.36. The maximum atomic E-state index is 12.0. The van der Waals surface area contributed by atoms with Crippen molar-refractivity contribution in [3.05, 3.63) is 29.8 Å². The summed E-state index contributed by atoms with van der Waals surface area (Å²) >= 11 is 0. The van der Waals surface area contributed by atoms with E-state index in [0.717, 1.165) is 4.31 Å². The number of hydrogen-bond donors (Lipinski definition) is 2. The van der Waals surface area contributed by atoms with Crippen LogP contribution in [0.5, 0.6) is 0 Å². The number of carbonyl (C=O) groups is 2. The highest BCUT2D eigenvalue weighted by molar-refractivity contribution is 7.89. The van der Waals surface area contributed by atoms with Gasteiger partial charge in [-0.3, -0.25) is 9.59 Å². The number of primary amides is 1. The molecule has 0 atom stereocenters. The van der Waals surface area contributed by atoms with Crippen LogP contribution in [0.4, 0.5) is 0 Å². The van der Waals surface area contributed by atoms with Gasteiger partial charge in [0.1, 0.15) is 0 Å². The molecule has 0 saturated carbocycles. The predicted molar refractivity (Wildman–Crippen MR) is 68.8 cm³/mol. The molecule has 19 heavy (non-hydrogen) atoms. The van der Waals surface area contributed by atoms with E-state index < -0.39 is 22.5 Å². The lowest BCUT2D eigenvalue weighted by Crippen LogP contribution is -2.35. The molecule has 7 nitrogen and oxygen atoms in total. The van der Waals surface area contributed by atoms with Crippen molar-refractivity contribution in [3.8, 4) is 0 Å². The van der Waals surface area contributed by atoms with Crippen molar-refractivity contribution >= 4 is 21.8 Å². The molecule has 1 rings (SSSR count). The van der Waals surface area contributed by atoms with Gasteiger partial charge in [0.05, 0.1) is 11.4 Å². The van der Waals surface area contributed by atoms with Gasteiger partial charge < -0.3 is 11.1 Å². The zero-order chi connectivity index (χ0) is 14.6. The number of nitrogens with one attached hydrogen (secondary N) is 1. The Bertz CT molecular complexity index is 580. The van der Waals surface area contributed by atoms with E-state index in [4.69, 9.17) is 5.73 Å². The Morgan fingerprint density at radius 2 is 1.79 bits per heavy atom. The van der Waals surface area contributed by atoms with Gasteiger partial charge >= 0.3 is 0 Å². The van der Waals surface area contributed by atoms with Crippen molar-refractivity contribution in [1.29, 1.82) is 0 Å². The molecule has 0 saturated heterocycles.